The predicted molar refractivity (Wildman–Crippen MR) is 257 cm³/mol. The van der Waals surface area contributed by atoms with Crippen molar-refractivity contribution >= 4 is 51.7 Å². The molecule has 0 N–H and O–H groups in total. The number of pyridine rings is 2. The summed E-state index contributed by atoms with van der Waals surface area (Å²) in [6.45, 7) is 5.07. The number of aromatic nitrogens is 4. The third-order valence-electron chi connectivity index (χ3n) is 12.3. The molecule has 0 saturated heterocycles. The second-order valence-corrected chi connectivity index (χ2v) is 20.6. The van der Waals surface area contributed by atoms with Crippen molar-refractivity contribution in [2.45, 2.75) is 13.1 Å². The third-order valence-corrected chi connectivity index (χ3v) is 15.9. The normalized spacial score (nSPS) is 13.7. The van der Waals surface area contributed by atoms with Crippen molar-refractivity contribution in [2.75, 3.05) is 0 Å². The van der Waals surface area contributed by atoms with E-state index in [2.05, 4.69) is 227 Å². The highest BCUT2D eigenvalue weighted by atomic mass is 28.3. The van der Waals surface area contributed by atoms with Crippen molar-refractivity contribution < 1.29 is 0 Å². The molecule has 4 aromatic heterocycles. The summed E-state index contributed by atoms with van der Waals surface area (Å²) < 4.78 is 4.30. The number of benzene rings is 6. The van der Waals surface area contributed by atoms with Gasteiger partial charge >= 0.3 is 0 Å². The summed E-state index contributed by atoms with van der Waals surface area (Å²) in [5, 5.41) is 5.20. The van der Waals surface area contributed by atoms with E-state index in [9.17, 15) is 0 Å². The molecular weight excluding hydrogens is 757 g/mol. The first kappa shape index (κ1) is 36.5. The summed E-state index contributed by atoms with van der Waals surface area (Å²) in [6, 6.07) is 70.7. The molecule has 4 nitrogen and oxygen atoms in total. The molecule has 0 fully saturated rings. The first-order chi connectivity index (χ1) is 30.0. The van der Waals surface area contributed by atoms with Gasteiger partial charge in [-0.3, -0.25) is 0 Å². The lowest BCUT2D eigenvalue weighted by Crippen LogP contribution is -2.28. The van der Waals surface area contributed by atoms with E-state index in [0.29, 0.717) is 0 Å². The molecular formula is C56H42N4Si. The summed E-state index contributed by atoms with van der Waals surface area (Å²) in [7, 11) is -2.35. The molecule has 0 spiro atoms. The quantitative estimate of drug-likeness (QED) is 0.144. The average molecular weight is 799 g/mol. The molecule has 0 atom stereocenters. The van der Waals surface area contributed by atoms with Crippen molar-refractivity contribution in [1.82, 2.24) is 19.1 Å². The summed E-state index contributed by atoms with van der Waals surface area (Å²) >= 11 is 0. The van der Waals surface area contributed by atoms with Crippen LogP contribution in [0.4, 0.5) is 0 Å². The Morgan fingerprint density at radius 1 is 0.328 bits per heavy atom. The van der Waals surface area contributed by atoms with Crippen LogP contribution >= 0.6 is 0 Å². The summed E-state index contributed by atoms with van der Waals surface area (Å²) in [6.07, 6.45) is 7.89. The summed E-state index contributed by atoms with van der Waals surface area (Å²) in [5.74, 6) is 0. The minimum atomic E-state index is -2.35. The van der Waals surface area contributed by atoms with Crippen molar-refractivity contribution in [3.63, 3.8) is 0 Å². The Balaban J connectivity index is 0.966. The second-order valence-electron chi connectivity index (χ2n) is 16.3. The lowest BCUT2D eigenvalue weighted by Gasteiger charge is -2.27. The number of rotatable bonds is 8. The van der Waals surface area contributed by atoms with Gasteiger partial charge in [-0.25, -0.2) is 9.97 Å². The van der Waals surface area contributed by atoms with Crippen LogP contribution in [-0.2, 0) is 0 Å². The van der Waals surface area contributed by atoms with E-state index in [1.165, 1.54) is 66.0 Å². The van der Waals surface area contributed by atoms with Gasteiger partial charge in [0.15, 0.2) is 0 Å². The molecule has 0 bridgehead atoms. The largest absolute Gasteiger partial charge is 0.301 e. The Bertz CT molecular complexity index is 3040. The van der Waals surface area contributed by atoms with E-state index < -0.39 is 8.07 Å². The van der Waals surface area contributed by atoms with Gasteiger partial charge < -0.3 is 9.13 Å². The Morgan fingerprint density at radius 3 is 1.05 bits per heavy atom. The van der Waals surface area contributed by atoms with Gasteiger partial charge in [0.1, 0.15) is 19.4 Å². The number of fused-ring (bicyclic) bond motifs is 2. The molecule has 10 aromatic rings. The molecule has 61 heavy (non-hydrogen) atoms. The zero-order valence-electron chi connectivity index (χ0n) is 34.1. The van der Waals surface area contributed by atoms with Crippen LogP contribution in [0.1, 0.15) is 22.3 Å². The molecule has 11 rings (SSSR count). The monoisotopic (exact) mass is 798 g/mol. The highest BCUT2D eigenvalue weighted by Crippen LogP contribution is 2.55. The van der Waals surface area contributed by atoms with Crippen molar-refractivity contribution in [1.29, 1.82) is 0 Å². The average Bonchev–Trinajstić information content (AvgIpc) is 4.02. The number of hydrogen-bond acceptors (Lipinski definition) is 2. The Labute approximate surface area is 357 Å². The van der Waals surface area contributed by atoms with Crippen LogP contribution in [0.2, 0.25) is 13.1 Å². The van der Waals surface area contributed by atoms with E-state index in [1.807, 2.05) is 24.5 Å². The Morgan fingerprint density at radius 2 is 0.672 bits per heavy atom. The minimum Gasteiger partial charge on any atom is -0.301 e. The zero-order valence-corrected chi connectivity index (χ0v) is 35.1. The lowest BCUT2D eigenvalue weighted by atomic mass is 9.89. The van der Waals surface area contributed by atoms with Gasteiger partial charge in [-0.05, 0) is 127 Å². The van der Waals surface area contributed by atoms with Crippen molar-refractivity contribution in [3.8, 4) is 33.6 Å². The van der Waals surface area contributed by atoms with Crippen molar-refractivity contribution in [2.24, 2.45) is 0 Å². The van der Waals surface area contributed by atoms with E-state index in [-0.39, 0.29) is 0 Å². The predicted octanol–water partition coefficient (Wildman–Crippen LogP) is 14.0. The van der Waals surface area contributed by atoms with Crippen LogP contribution < -0.4 is 0 Å². The van der Waals surface area contributed by atoms with Gasteiger partial charge in [-0.2, -0.15) is 0 Å². The molecule has 0 unspecified atom stereocenters. The van der Waals surface area contributed by atoms with Crippen LogP contribution in [-0.4, -0.2) is 27.2 Å². The molecule has 1 aliphatic heterocycles. The fraction of sp³-hybridized carbons (Fsp3) is 0.0357. The maximum atomic E-state index is 4.62. The van der Waals surface area contributed by atoms with Gasteiger partial charge in [-0.15, -0.1) is 0 Å². The molecule has 5 heteroatoms. The molecule has 0 amide bonds. The van der Waals surface area contributed by atoms with Crippen molar-refractivity contribution in [3.05, 3.63) is 241 Å². The van der Waals surface area contributed by atoms with Gasteiger partial charge in [0.25, 0.3) is 0 Å². The van der Waals surface area contributed by atoms with Crippen LogP contribution in [0.5, 0.6) is 0 Å². The first-order valence-corrected chi connectivity index (χ1v) is 23.9. The summed E-state index contributed by atoms with van der Waals surface area (Å²) in [5.41, 5.74) is 16.7. The van der Waals surface area contributed by atoms with Crippen LogP contribution in [0.15, 0.2) is 219 Å². The van der Waals surface area contributed by atoms with Gasteiger partial charge in [-0.1, -0.05) is 147 Å². The molecule has 0 saturated carbocycles. The maximum Gasteiger partial charge on any atom is 0.144 e. The zero-order chi connectivity index (χ0) is 40.9. The van der Waals surface area contributed by atoms with E-state index in [0.717, 1.165) is 33.4 Å². The van der Waals surface area contributed by atoms with Gasteiger partial charge in [0.05, 0.1) is 0 Å². The Hall–Kier alpha value is -7.60. The fourth-order valence-electron chi connectivity index (χ4n) is 9.43. The van der Waals surface area contributed by atoms with Crippen LogP contribution in [0.25, 0.3) is 77.2 Å². The summed E-state index contributed by atoms with van der Waals surface area (Å²) in [4.78, 5) is 9.25. The number of hydrogen-bond donors (Lipinski definition) is 0. The van der Waals surface area contributed by atoms with E-state index >= 15 is 0 Å². The fourth-order valence-corrected chi connectivity index (χ4v) is 13.2. The molecule has 1 aliphatic rings. The van der Waals surface area contributed by atoms with Crippen LogP contribution in [0.3, 0.4) is 0 Å². The highest BCUT2D eigenvalue weighted by Gasteiger charge is 2.43. The van der Waals surface area contributed by atoms with Gasteiger partial charge in [0.2, 0.25) is 0 Å². The Kier molecular flexibility index (Phi) is 8.91. The molecule has 5 heterocycles. The molecule has 0 aliphatic carbocycles. The van der Waals surface area contributed by atoms with Gasteiger partial charge in [0, 0.05) is 46.9 Å². The molecule has 0 radical (unpaired) electrons. The standard InChI is InChI=1S/C56H42N4Si/c1-61(2)53(45-21-17-39(18-22-45)41-25-29-49(30-26-41)59-37-33-47-15-9-35-57-55(47)59)51(43-11-5-3-6-12-43)52(44-13-7-4-8-14-44)54(61)46-23-19-40(20-24-46)42-27-31-50(32-28-42)60-38-34-48-16-10-36-58-56(48)60/h3-38H,1-2H3. The third kappa shape index (κ3) is 6.38. The highest BCUT2D eigenvalue weighted by molar-refractivity contribution is 7.13. The number of allylic oxidation sites excluding steroid dienone is 2. The second kappa shape index (κ2) is 14.9. The lowest BCUT2D eigenvalue weighted by molar-refractivity contribution is 1.09. The molecule has 6 aromatic carbocycles. The van der Waals surface area contributed by atoms with E-state index in [1.54, 1.807) is 0 Å². The minimum absolute atomic E-state index is 0.968. The smallest absolute Gasteiger partial charge is 0.144 e. The molecule has 290 valence electrons. The topological polar surface area (TPSA) is 35.6 Å². The maximum absolute atomic E-state index is 4.62. The first-order valence-electron chi connectivity index (χ1n) is 20.9. The van der Waals surface area contributed by atoms with Crippen LogP contribution in [0, 0.1) is 0 Å². The number of nitrogens with zero attached hydrogens (tertiary/aromatic N) is 4. The van der Waals surface area contributed by atoms with E-state index in [4.69, 9.17) is 0 Å². The SMILES string of the molecule is C[Si]1(C)C(c2ccc(-c3ccc(-n4ccc5cccnc54)cc3)cc2)=C(c2ccccc2)C(c2ccccc2)=C1c1ccc(-c2ccc(-n3ccc4cccnc43)cc2)cc1.